The van der Waals surface area contributed by atoms with Crippen LogP contribution in [0.3, 0.4) is 0 Å². The molecule has 0 amide bonds. The van der Waals surface area contributed by atoms with Gasteiger partial charge in [-0.2, -0.15) is 0 Å². The van der Waals surface area contributed by atoms with Crippen molar-refractivity contribution in [3.05, 3.63) is 75.4 Å². The molecule has 3 heterocycles. The highest BCUT2D eigenvalue weighted by Gasteiger charge is 2.22. The van der Waals surface area contributed by atoms with E-state index in [1.54, 1.807) is 12.1 Å². The third-order valence-corrected chi connectivity index (χ3v) is 4.32. The average Bonchev–Trinajstić information content (AvgIpc) is 3.12. The van der Waals surface area contributed by atoms with E-state index in [1.807, 2.05) is 4.90 Å². The Hall–Kier alpha value is -2.80. The summed E-state index contributed by atoms with van der Waals surface area (Å²) in [6, 6.07) is 7.01. The molecule has 0 saturated carbocycles. The van der Waals surface area contributed by atoms with Gasteiger partial charge in [-0.25, -0.2) is 13.8 Å². The van der Waals surface area contributed by atoms with Gasteiger partial charge in [0.05, 0.1) is 12.0 Å². The number of nitrogens with zero attached hydrogens (tertiary/aromatic N) is 2. The lowest BCUT2D eigenvalue weighted by Crippen LogP contribution is -2.35. The molecule has 0 radical (unpaired) electrons. The standard InChI is InChI=1S/C18H15F2N3O2/c19-12-4-3-11(14(20)8-12)9-23-6-5-13-15(10-23)21-17(22-18(13)24)16-2-1-7-25-16/h1-4,7-8H,5-6,9-10H2,(H,21,22,24). The molecular weight excluding hydrogens is 328 g/mol. The fourth-order valence-electron chi connectivity index (χ4n) is 3.05. The number of aromatic amines is 1. The normalized spacial score (nSPS) is 14.5. The number of benzene rings is 1. The van der Waals surface area contributed by atoms with Gasteiger partial charge in [0.1, 0.15) is 11.6 Å². The van der Waals surface area contributed by atoms with Crippen LogP contribution in [0.5, 0.6) is 0 Å². The second kappa shape index (κ2) is 6.25. The summed E-state index contributed by atoms with van der Waals surface area (Å²) in [4.78, 5) is 21.5. The predicted molar refractivity (Wildman–Crippen MR) is 86.7 cm³/mol. The van der Waals surface area contributed by atoms with Crippen molar-refractivity contribution in [3.8, 4) is 11.6 Å². The Balaban J connectivity index is 1.61. The van der Waals surface area contributed by atoms with E-state index >= 15 is 0 Å². The fourth-order valence-corrected chi connectivity index (χ4v) is 3.05. The van der Waals surface area contributed by atoms with E-state index in [0.717, 1.165) is 6.07 Å². The van der Waals surface area contributed by atoms with Gasteiger partial charge in [-0.1, -0.05) is 6.07 Å². The molecule has 1 aromatic carbocycles. The van der Waals surface area contributed by atoms with Crippen molar-refractivity contribution < 1.29 is 13.2 Å². The summed E-state index contributed by atoms with van der Waals surface area (Å²) in [6.07, 6.45) is 2.04. The van der Waals surface area contributed by atoms with E-state index in [-0.39, 0.29) is 5.56 Å². The smallest absolute Gasteiger partial charge is 0.254 e. The predicted octanol–water partition coefficient (Wildman–Crippen LogP) is 2.87. The number of hydrogen-bond acceptors (Lipinski definition) is 4. The second-order valence-corrected chi connectivity index (χ2v) is 6.01. The van der Waals surface area contributed by atoms with E-state index < -0.39 is 11.6 Å². The molecule has 0 unspecified atom stereocenters. The Morgan fingerprint density at radius 2 is 2.16 bits per heavy atom. The Kier molecular flexibility index (Phi) is 3.93. The summed E-state index contributed by atoms with van der Waals surface area (Å²) in [5.74, 6) is -0.298. The number of furan rings is 1. The lowest BCUT2D eigenvalue weighted by Gasteiger charge is -2.27. The van der Waals surface area contributed by atoms with Crippen molar-refractivity contribution in [2.75, 3.05) is 6.54 Å². The molecule has 1 aliphatic rings. The fraction of sp³-hybridized carbons (Fsp3) is 0.222. The number of hydrogen-bond donors (Lipinski definition) is 1. The largest absolute Gasteiger partial charge is 0.461 e. The quantitative estimate of drug-likeness (QED) is 0.794. The Morgan fingerprint density at radius 3 is 2.92 bits per heavy atom. The van der Waals surface area contributed by atoms with E-state index in [9.17, 15) is 13.6 Å². The summed E-state index contributed by atoms with van der Waals surface area (Å²) in [6.45, 7) is 1.36. The number of H-pyrrole nitrogens is 1. The van der Waals surface area contributed by atoms with Crippen LogP contribution in [0.4, 0.5) is 8.78 Å². The lowest BCUT2D eigenvalue weighted by atomic mass is 10.1. The summed E-state index contributed by atoms with van der Waals surface area (Å²) in [5, 5.41) is 0. The molecule has 0 saturated heterocycles. The van der Waals surface area contributed by atoms with E-state index in [4.69, 9.17) is 4.42 Å². The zero-order chi connectivity index (χ0) is 17.4. The van der Waals surface area contributed by atoms with Crippen LogP contribution in [0, 0.1) is 11.6 Å². The minimum absolute atomic E-state index is 0.177. The first kappa shape index (κ1) is 15.7. The number of rotatable bonds is 3. The van der Waals surface area contributed by atoms with Gasteiger partial charge in [-0.3, -0.25) is 9.69 Å². The lowest BCUT2D eigenvalue weighted by molar-refractivity contribution is 0.237. The van der Waals surface area contributed by atoms with Crippen molar-refractivity contribution in [3.63, 3.8) is 0 Å². The summed E-state index contributed by atoms with van der Waals surface area (Å²) in [7, 11) is 0. The van der Waals surface area contributed by atoms with Gasteiger partial charge in [0.2, 0.25) is 0 Å². The third kappa shape index (κ3) is 3.10. The molecular formula is C18H15F2N3O2. The minimum Gasteiger partial charge on any atom is -0.461 e. The number of halogens is 2. The van der Waals surface area contributed by atoms with Crippen LogP contribution in [0.25, 0.3) is 11.6 Å². The molecule has 128 valence electrons. The molecule has 1 N–H and O–H groups in total. The van der Waals surface area contributed by atoms with Crippen molar-refractivity contribution in [2.45, 2.75) is 19.5 Å². The van der Waals surface area contributed by atoms with E-state index in [2.05, 4.69) is 9.97 Å². The van der Waals surface area contributed by atoms with Crippen LogP contribution in [-0.2, 0) is 19.5 Å². The van der Waals surface area contributed by atoms with Crippen LogP contribution in [-0.4, -0.2) is 21.4 Å². The van der Waals surface area contributed by atoms with Gasteiger partial charge in [0, 0.05) is 36.8 Å². The molecule has 7 heteroatoms. The van der Waals surface area contributed by atoms with Crippen molar-refractivity contribution in [1.29, 1.82) is 0 Å². The monoisotopic (exact) mass is 343 g/mol. The van der Waals surface area contributed by atoms with Gasteiger partial charge in [0.15, 0.2) is 11.6 Å². The Labute approximate surface area is 141 Å². The molecule has 4 rings (SSSR count). The number of aromatic nitrogens is 2. The molecule has 25 heavy (non-hydrogen) atoms. The van der Waals surface area contributed by atoms with Gasteiger partial charge < -0.3 is 9.40 Å². The molecule has 0 atom stereocenters. The first-order valence-electron chi connectivity index (χ1n) is 7.92. The highest BCUT2D eigenvalue weighted by molar-refractivity contribution is 5.47. The van der Waals surface area contributed by atoms with E-state index in [0.29, 0.717) is 54.5 Å². The van der Waals surface area contributed by atoms with E-state index in [1.165, 1.54) is 18.4 Å². The third-order valence-electron chi connectivity index (χ3n) is 4.32. The maximum Gasteiger partial charge on any atom is 0.254 e. The highest BCUT2D eigenvalue weighted by atomic mass is 19.1. The molecule has 5 nitrogen and oxygen atoms in total. The summed E-state index contributed by atoms with van der Waals surface area (Å²) < 4.78 is 32.2. The van der Waals surface area contributed by atoms with Crippen LogP contribution < -0.4 is 5.56 Å². The first-order valence-corrected chi connectivity index (χ1v) is 7.92. The summed E-state index contributed by atoms with van der Waals surface area (Å²) in [5.41, 5.74) is 1.54. The second-order valence-electron chi connectivity index (χ2n) is 6.01. The molecule has 3 aromatic rings. The SMILES string of the molecule is O=c1[nH]c(-c2ccco2)nc2c1CCN(Cc1ccc(F)cc1F)C2. The van der Waals surface area contributed by atoms with Gasteiger partial charge in [-0.15, -0.1) is 0 Å². The Bertz CT molecular complexity index is 967. The number of fused-ring (bicyclic) bond motifs is 1. The average molecular weight is 343 g/mol. The zero-order valence-corrected chi connectivity index (χ0v) is 13.3. The van der Waals surface area contributed by atoms with Gasteiger partial charge >= 0.3 is 0 Å². The molecule has 2 aromatic heterocycles. The highest BCUT2D eigenvalue weighted by Crippen LogP contribution is 2.21. The molecule has 0 spiro atoms. The summed E-state index contributed by atoms with van der Waals surface area (Å²) >= 11 is 0. The van der Waals surface area contributed by atoms with Crippen molar-refractivity contribution >= 4 is 0 Å². The maximum atomic E-state index is 13.9. The topological polar surface area (TPSA) is 62.1 Å². The first-order chi connectivity index (χ1) is 12.1. The van der Waals surface area contributed by atoms with Gasteiger partial charge in [0.25, 0.3) is 5.56 Å². The molecule has 0 aliphatic carbocycles. The number of nitrogens with one attached hydrogen (secondary N) is 1. The van der Waals surface area contributed by atoms with Crippen LogP contribution in [0.1, 0.15) is 16.8 Å². The molecule has 0 fully saturated rings. The maximum absolute atomic E-state index is 13.9. The molecule has 0 bridgehead atoms. The van der Waals surface area contributed by atoms with Crippen molar-refractivity contribution in [2.24, 2.45) is 0 Å². The minimum atomic E-state index is -0.596. The van der Waals surface area contributed by atoms with Gasteiger partial charge in [-0.05, 0) is 24.6 Å². The zero-order valence-electron chi connectivity index (χ0n) is 13.3. The molecule has 1 aliphatic heterocycles. The van der Waals surface area contributed by atoms with Crippen LogP contribution in [0.15, 0.2) is 45.8 Å². The van der Waals surface area contributed by atoms with Crippen molar-refractivity contribution in [1.82, 2.24) is 14.9 Å². The van der Waals surface area contributed by atoms with Crippen LogP contribution in [0.2, 0.25) is 0 Å². The Morgan fingerprint density at radius 1 is 1.28 bits per heavy atom. The van der Waals surface area contributed by atoms with Crippen LogP contribution >= 0.6 is 0 Å².